The minimum Gasteiger partial charge on any atom is -0.508 e. The summed E-state index contributed by atoms with van der Waals surface area (Å²) >= 11 is 0. The highest BCUT2D eigenvalue weighted by atomic mass is 16.5. The van der Waals surface area contributed by atoms with Crippen LogP contribution in [0.25, 0.3) is 6.08 Å². The van der Waals surface area contributed by atoms with Gasteiger partial charge in [-0.05, 0) is 42.8 Å². The standard InChI is InChI=1S/C22H26N2O4/c1-2-28-20-8-3-17(4-9-20)16-23-11-13-24(14-12-23)22(27)10-6-18-5-7-19(25)15-21(18)26/h3-10,15,25-26H,2,11-14,16H2,1H3/b10-6+. The zero-order chi connectivity index (χ0) is 19.9. The molecule has 1 fully saturated rings. The maximum atomic E-state index is 12.4. The summed E-state index contributed by atoms with van der Waals surface area (Å²) in [5.74, 6) is 0.746. The first-order valence-corrected chi connectivity index (χ1v) is 9.48. The summed E-state index contributed by atoms with van der Waals surface area (Å²) in [6, 6.07) is 12.4. The van der Waals surface area contributed by atoms with Gasteiger partial charge in [-0.15, -0.1) is 0 Å². The minimum atomic E-state index is -0.0757. The van der Waals surface area contributed by atoms with Crippen molar-refractivity contribution in [3.8, 4) is 17.2 Å². The molecule has 2 aromatic carbocycles. The summed E-state index contributed by atoms with van der Waals surface area (Å²) in [5.41, 5.74) is 1.73. The number of carbonyl (C=O) groups is 1. The van der Waals surface area contributed by atoms with E-state index in [0.29, 0.717) is 25.3 Å². The number of phenolic OH excluding ortho intramolecular Hbond substituents is 2. The first-order valence-electron chi connectivity index (χ1n) is 9.48. The molecule has 28 heavy (non-hydrogen) atoms. The van der Waals surface area contributed by atoms with Gasteiger partial charge >= 0.3 is 0 Å². The lowest BCUT2D eigenvalue weighted by atomic mass is 10.1. The van der Waals surface area contributed by atoms with E-state index < -0.39 is 0 Å². The molecule has 0 aliphatic carbocycles. The van der Waals surface area contributed by atoms with Crippen LogP contribution in [-0.2, 0) is 11.3 Å². The molecule has 1 aliphatic rings. The van der Waals surface area contributed by atoms with E-state index in [9.17, 15) is 15.0 Å². The fourth-order valence-electron chi connectivity index (χ4n) is 3.18. The van der Waals surface area contributed by atoms with Gasteiger partial charge in [-0.1, -0.05) is 12.1 Å². The van der Waals surface area contributed by atoms with Gasteiger partial charge in [0.25, 0.3) is 0 Å². The van der Waals surface area contributed by atoms with Crippen molar-refractivity contribution >= 4 is 12.0 Å². The number of carbonyl (C=O) groups excluding carboxylic acids is 1. The summed E-state index contributed by atoms with van der Waals surface area (Å²) in [6.07, 6.45) is 3.04. The van der Waals surface area contributed by atoms with Crippen molar-refractivity contribution in [2.75, 3.05) is 32.8 Å². The Morgan fingerprint density at radius 2 is 1.79 bits per heavy atom. The summed E-state index contributed by atoms with van der Waals surface area (Å²) < 4.78 is 5.47. The zero-order valence-electron chi connectivity index (χ0n) is 16.0. The Balaban J connectivity index is 1.49. The Bertz CT molecular complexity index is 825. The maximum absolute atomic E-state index is 12.4. The fourth-order valence-corrected chi connectivity index (χ4v) is 3.18. The van der Waals surface area contributed by atoms with Crippen molar-refractivity contribution in [1.82, 2.24) is 9.80 Å². The molecule has 0 bridgehead atoms. The molecule has 3 rings (SSSR count). The van der Waals surface area contributed by atoms with E-state index in [1.165, 1.54) is 23.8 Å². The van der Waals surface area contributed by atoms with Gasteiger partial charge in [-0.25, -0.2) is 0 Å². The smallest absolute Gasteiger partial charge is 0.246 e. The number of phenols is 2. The molecule has 0 spiro atoms. The molecule has 2 N–H and O–H groups in total. The number of nitrogens with zero attached hydrogens (tertiary/aromatic N) is 2. The lowest BCUT2D eigenvalue weighted by Gasteiger charge is -2.34. The molecule has 0 saturated carbocycles. The normalized spacial score (nSPS) is 15.1. The molecule has 1 aliphatic heterocycles. The Kier molecular flexibility index (Phi) is 6.55. The highest BCUT2D eigenvalue weighted by Crippen LogP contribution is 2.23. The monoisotopic (exact) mass is 382 g/mol. The first kappa shape index (κ1) is 19.8. The molecule has 0 aromatic heterocycles. The summed E-state index contributed by atoms with van der Waals surface area (Å²) in [7, 11) is 0. The van der Waals surface area contributed by atoms with Gasteiger partial charge in [0.15, 0.2) is 0 Å². The second kappa shape index (κ2) is 9.28. The van der Waals surface area contributed by atoms with Crippen LogP contribution >= 0.6 is 0 Å². The van der Waals surface area contributed by atoms with Crippen LogP contribution < -0.4 is 4.74 Å². The molecule has 0 radical (unpaired) electrons. The number of aromatic hydroxyl groups is 2. The molecule has 1 saturated heterocycles. The van der Waals surface area contributed by atoms with Gasteiger partial charge in [0.05, 0.1) is 6.61 Å². The third-order valence-electron chi connectivity index (χ3n) is 4.74. The van der Waals surface area contributed by atoms with Gasteiger partial charge in [0.1, 0.15) is 17.2 Å². The number of hydrogen-bond acceptors (Lipinski definition) is 5. The third-order valence-corrected chi connectivity index (χ3v) is 4.74. The van der Waals surface area contributed by atoms with Crippen LogP contribution in [0.1, 0.15) is 18.1 Å². The number of piperazine rings is 1. The van der Waals surface area contributed by atoms with E-state index in [-0.39, 0.29) is 17.4 Å². The van der Waals surface area contributed by atoms with Crippen LogP contribution in [0, 0.1) is 0 Å². The van der Waals surface area contributed by atoms with Crippen LogP contribution in [0.3, 0.4) is 0 Å². The van der Waals surface area contributed by atoms with Gasteiger partial charge in [0, 0.05) is 50.4 Å². The second-order valence-electron chi connectivity index (χ2n) is 6.75. The molecule has 148 valence electrons. The fraction of sp³-hybridized carbons (Fsp3) is 0.318. The number of hydrogen-bond donors (Lipinski definition) is 2. The lowest BCUT2D eigenvalue weighted by Crippen LogP contribution is -2.47. The summed E-state index contributed by atoms with van der Waals surface area (Å²) in [6.45, 7) is 6.46. The summed E-state index contributed by atoms with van der Waals surface area (Å²) in [5, 5.41) is 19.1. The van der Waals surface area contributed by atoms with Crippen molar-refractivity contribution < 1.29 is 19.7 Å². The SMILES string of the molecule is CCOc1ccc(CN2CCN(C(=O)/C=C/c3ccc(O)cc3O)CC2)cc1. The van der Waals surface area contributed by atoms with E-state index >= 15 is 0 Å². The molecule has 2 aromatic rings. The highest BCUT2D eigenvalue weighted by molar-refractivity contribution is 5.92. The van der Waals surface area contributed by atoms with E-state index in [2.05, 4.69) is 17.0 Å². The molecule has 6 heteroatoms. The van der Waals surface area contributed by atoms with Crippen LogP contribution in [0.5, 0.6) is 17.2 Å². The quantitative estimate of drug-likeness (QED) is 0.752. The molecule has 0 atom stereocenters. The van der Waals surface area contributed by atoms with Crippen molar-refractivity contribution in [3.05, 3.63) is 59.7 Å². The van der Waals surface area contributed by atoms with Crippen molar-refractivity contribution in [1.29, 1.82) is 0 Å². The molecular weight excluding hydrogens is 356 g/mol. The lowest BCUT2D eigenvalue weighted by molar-refractivity contribution is -0.127. The van der Waals surface area contributed by atoms with Crippen LogP contribution in [0.4, 0.5) is 0 Å². The molecule has 6 nitrogen and oxygen atoms in total. The van der Waals surface area contributed by atoms with E-state index in [0.717, 1.165) is 25.4 Å². The predicted octanol–water partition coefficient (Wildman–Crippen LogP) is 2.85. The number of amides is 1. The molecule has 1 heterocycles. The van der Waals surface area contributed by atoms with Crippen molar-refractivity contribution in [2.24, 2.45) is 0 Å². The average molecular weight is 382 g/mol. The number of benzene rings is 2. The Morgan fingerprint density at radius 1 is 1.07 bits per heavy atom. The van der Waals surface area contributed by atoms with Gasteiger partial charge in [-0.3, -0.25) is 9.69 Å². The third kappa shape index (κ3) is 5.27. The first-order chi connectivity index (χ1) is 13.5. The predicted molar refractivity (Wildman–Crippen MR) is 108 cm³/mol. The van der Waals surface area contributed by atoms with E-state index in [4.69, 9.17) is 4.74 Å². The molecular formula is C22H26N2O4. The van der Waals surface area contributed by atoms with Crippen LogP contribution in [-0.4, -0.2) is 58.7 Å². The second-order valence-corrected chi connectivity index (χ2v) is 6.75. The van der Waals surface area contributed by atoms with Crippen LogP contribution in [0.15, 0.2) is 48.5 Å². The maximum Gasteiger partial charge on any atom is 0.246 e. The molecule has 1 amide bonds. The van der Waals surface area contributed by atoms with Crippen molar-refractivity contribution in [2.45, 2.75) is 13.5 Å². The Labute approximate surface area is 165 Å². The number of ether oxygens (including phenoxy) is 1. The number of rotatable bonds is 6. The van der Waals surface area contributed by atoms with Gasteiger partial charge in [-0.2, -0.15) is 0 Å². The van der Waals surface area contributed by atoms with Gasteiger partial charge < -0.3 is 19.8 Å². The average Bonchev–Trinajstić information content (AvgIpc) is 2.69. The Morgan fingerprint density at radius 3 is 2.43 bits per heavy atom. The molecule has 0 unspecified atom stereocenters. The van der Waals surface area contributed by atoms with Gasteiger partial charge in [0.2, 0.25) is 5.91 Å². The zero-order valence-corrected chi connectivity index (χ0v) is 16.0. The van der Waals surface area contributed by atoms with Crippen LogP contribution in [0.2, 0.25) is 0 Å². The largest absolute Gasteiger partial charge is 0.508 e. The van der Waals surface area contributed by atoms with E-state index in [1.807, 2.05) is 24.0 Å². The van der Waals surface area contributed by atoms with Crippen molar-refractivity contribution in [3.63, 3.8) is 0 Å². The topological polar surface area (TPSA) is 73.2 Å². The highest BCUT2D eigenvalue weighted by Gasteiger charge is 2.19. The Hall–Kier alpha value is -2.99. The minimum absolute atomic E-state index is 0.00960. The summed E-state index contributed by atoms with van der Waals surface area (Å²) in [4.78, 5) is 16.5. The van der Waals surface area contributed by atoms with E-state index in [1.54, 1.807) is 12.1 Å².